The molecule has 0 atom stereocenters. The topological polar surface area (TPSA) is 55.4 Å². The van der Waals surface area contributed by atoms with Crippen molar-refractivity contribution in [2.45, 2.75) is 31.1 Å². The van der Waals surface area contributed by atoms with Crippen molar-refractivity contribution in [1.82, 2.24) is 0 Å². The summed E-state index contributed by atoms with van der Waals surface area (Å²) in [4.78, 5) is 0.0335. The molecule has 0 unspecified atom stereocenters. The lowest BCUT2D eigenvalue weighted by Crippen LogP contribution is -2.12. The first-order valence-electron chi connectivity index (χ1n) is 8.91. The van der Waals surface area contributed by atoms with E-state index in [1.54, 1.807) is 24.3 Å². The van der Waals surface area contributed by atoms with Crippen LogP contribution in [0.2, 0.25) is 10.0 Å². The number of benzene rings is 3. The Morgan fingerprint density at radius 3 is 1.86 bits per heavy atom. The molecule has 0 saturated heterocycles. The maximum atomic E-state index is 12.5. The summed E-state index contributed by atoms with van der Waals surface area (Å²) in [5.74, 6) is 1.31. The normalized spacial score (nSPS) is 11.9. The van der Waals surface area contributed by atoms with E-state index in [1.807, 2.05) is 24.3 Å². The molecule has 0 aliphatic rings. The van der Waals surface area contributed by atoms with E-state index in [2.05, 4.69) is 25.5 Å². The summed E-state index contributed by atoms with van der Waals surface area (Å²) in [6.45, 7) is 6.46. The predicted octanol–water partition coefficient (Wildman–Crippen LogP) is 6.88. The lowest BCUT2D eigenvalue weighted by Gasteiger charge is -2.19. The number of anilines is 1. The van der Waals surface area contributed by atoms with Crippen LogP contribution >= 0.6 is 23.2 Å². The number of halogens is 2. The number of hydrogen-bond acceptors (Lipinski definition) is 3. The molecule has 3 rings (SSSR count). The van der Waals surface area contributed by atoms with E-state index in [4.69, 9.17) is 27.9 Å². The van der Waals surface area contributed by atoms with Crippen LogP contribution in [0.4, 0.5) is 5.69 Å². The van der Waals surface area contributed by atoms with E-state index in [1.165, 1.54) is 23.8 Å². The minimum absolute atomic E-state index is 0.0335. The summed E-state index contributed by atoms with van der Waals surface area (Å²) < 4.78 is 33.4. The maximum absolute atomic E-state index is 12.5. The van der Waals surface area contributed by atoms with Crippen LogP contribution in [-0.2, 0) is 15.4 Å². The van der Waals surface area contributed by atoms with E-state index >= 15 is 0 Å². The zero-order valence-corrected chi connectivity index (χ0v) is 18.6. The Hall–Kier alpha value is -2.21. The number of sulfonamides is 1. The zero-order valence-electron chi connectivity index (χ0n) is 16.2. The molecule has 0 aromatic heterocycles. The lowest BCUT2D eigenvalue weighted by molar-refractivity contribution is 0.481. The van der Waals surface area contributed by atoms with Crippen LogP contribution < -0.4 is 9.46 Å². The third-order valence-corrected chi connectivity index (χ3v) is 6.38. The first kappa shape index (κ1) is 21.5. The van der Waals surface area contributed by atoms with Gasteiger partial charge in [-0.1, -0.05) is 56.1 Å². The minimum Gasteiger partial charge on any atom is -0.457 e. The maximum Gasteiger partial charge on any atom is 0.261 e. The van der Waals surface area contributed by atoms with Crippen molar-refractivity contribution in [3.8, 4) is 11.5 Å². The largest absolute Gasteiger partial charge is 0.457 e. The third-order valence-electron chi connectivity index (χ3n) is 4.26. The van der Waals surface area contributed by atoms with Crippen LogP contribution in [0.5, 0.6) is 11.5 Å². The number of rotatable bonds is 5. The van der Waals surface area contributed by atoms with E-state index in [9.17, 15) is 8.42 Å². The fraction of sp³-hybridized carbons (Fsp3) is 0.182. The molecule has 0 saturated carbocycles. The summed E-state index contributed by atoms with van der Waals surface area (Å²) >= 11 is 11.8. The molecular formula is C22H21Cl2NO3S. The number of nitrogens with one attached hydrogen (secondary N) is 1. The first-order valence-corrected chi connectivity index (χ1v) is 11.1. The Kier molecular flexibility index (Phi) is 6.13. The average molecular weight is 450 g/mol. The van der Waals surface area contributed by atoms with Gasteiger partial charge in [0.1, 0.15) is 11.5 Å². The highest BCUT2D eigenvalue weighted by atomic mass is 35.5. The van der Waals surface area contributed by atoms with Gasteiger partial charge in [-0.15, -0.1) is 0 Å². The van der Waals surface area contributed by atoms with Crippen molar-refractivity contribution >= 4 is 38.9 Å². The molecule has 0 heterocycles. The Morgan fingerprint density at radius 1 is 0.793 bits per heavy atom. The van der Waals surface area contributed by atoms with Gasteiger partial charge in [-0.2, -0.15) is 0 Å². The van der Waals surface area contributed by atoms with Crippen molar-refractivity contribution in [3.63, 3.8) is 0 Å². The summed E-state index contributed by atoms with van der Waals surface area (Å²) in [5, 5.41) is 0.471. The fourth-order valence-corrected chi connectivity index (χ4v) is 4.06. The first-order chi connectivity index (χ1) is 13.5. The quantitative estimate of drug-likeness (QED) is 0.461. The van der Waals surface area contributed by atoms with Crippen LogP contribution in [0.25, 0.3) is 0 Å². The summed E-state index contributed by atoms with van der Waals surface area (Å²) in [7, 11) is -3.78. The molecule has 4 nitrogen and oxygen atoms in total. The van der Waals surface area contributed by atoms with Gasteiger partial charge < -0.3 is 4.74 Å². The van der Waals surface area contributed by atoms with Gasteiger partial charge in [-0.25, -0.2) is 8.42 Å². The van der Waals surface area contributed by atoms with Crippen molar-refractivity contribution in [2.75, 3.05) is 4.72 Å². The third kappa shape index (κ3) is 5.44. The molecule has 152 valence electrons. The van der Waals surface area contributed by atoms with Gasteiger partial charge >= 0.3 is 0 Å². The summed E-state index contributed by atoms with van der Waals surface area (Å²) in [5.41, 5.74) is 1.70. The van der Waals surface area contributed by atoms with Crippen molar-refractivity contribution < 1.29 is 13.2 Å². The van der Waals surface area contributed by atoms with Gasteiger partial charge in [0.15, 0.2) is 0 Å². The van der Waals surface area contributed by atoms with E-state index in [0.717, 1.165) is 0 Å². The standard InChI is InChI=1S/C22H21Cl2NO3S/c1-22(2,3)15-4-8-17(9-5-15)28-18-10-6-16(7-11-18)25-29(26,27)19-12-13-20(23)21(24)14-19/h4-14,25H,1-3H3. The Balaban J connectivity index is 1.70. The molecule has 3 aromatic carbocycles. The molecule has 0 fully saturated rings. The van der Waals surface area contributed by atoms with E-state index in [-0.39, 0.29) is 15.3 Å². The lowest BCUT2D eigenvalue weighted by atomic mass is 9.87. The summed E-state index contributed by atoms with van der Waals surface area (Å²) in [6, 6.07) is 18.7. The van der Waals surface area contributed by atoms with Crippen LogP contribution in [0, 0.1) is 0 Å². The molecule has 0 spiro atoms. The smallest absolute Gasteiger partial charge is 0.261 e. The van der Waals surface area contributed by atoms with Crippen LogP contribution in [0.1, 0.15) is 26.3 Å². The van der Waals surface area contributed by atoms with E-state index < -0.39 is 10.0 Å². The molecule has 0 bridgehead atoms. The highest BCUT2D eigenvalue weighted by molar-refractivity contribution is 7.92. The minimum atomic E-state index is -3.78. The van der Waals surface area contributed by atoms with Crippen molar-refractivity contribution in [2.24, 2.45) is 0 Å². The second-order valence-electron chi connectivity index (χ2n) is 7.58. The molecule has 0 amide bonds. The SMILES string of the molecule is CC(C)(C)c1ccc(Oc2ccc(NS(=O)(=O)c3ccc(Cl)c(Cl)c3)cc2)cc1. The molecule has 7 heteroatoms. The number of ether oxygens (including phenoxy) is 1. The van der Waals surface area contributed by atoms with Crippen molar-refractivity contribution in [3.05, 3.63) is 82.3 Å². The van der Waals surface area contributed by atoms with Gasteiger partial charge in [0.25, 0.3) is 10.0 Å². The van der Waals surface area contributed by atoms with Gasteiger partial charge in [0.2, 0.25) is 0 Å². The van der Waals surface area contributed by atoms with E-state index in [0.29, 0.717) is 22.2 Å². The Bertz CT molecular complexity index is 1100. The monoisotopic (exact) mass is 449 g/mol. The molecule has 0 radical (unpaired) electrons. The molecular weight excluding hydrogens is 429 g/mol. The second-order valence-corrected chi connectivity index (χ2v) is 10.1. The Labute approximate surface area is 181 Å². The van der Waals surface area contributed by atoms with Gasteiger partial charge in [0.05, 0.1) is 14.9 Å². The fourth-order valence-electron chi connectivity index (χ4n) is 2.61. The molecule has 29 heavy (non-hydrogen) atoms. The zero-order chi connectivity index (χ0) is 21.2. The molecule has 1 N–H and O–H groups in total. The second kappa shape index (κ2) is 8.27. The molecule has 3 aromatic rings. The van der Waals surface area contributed by atoms with Crippen molar-refractivity contribution in [1.29, 1.82) is 0 Å². The molecule has 0 aliphatic carbocycles. The highest BCUT2D eigenvalue weighted by Gasteiger charge is 2.16. The van der Waals surface area contributed by atoms with Crippen LogP contribution in [-0.4, -0.2) is 8.42 Å². The number of hydrogen-bond donors (Lipinski definition) is 1. The average Bonchev–Trinajstić information content (AvgIpc) is 2.65. The highest BCUT2D eigenvalue weighted by Crippen LogP contribution is 2.29. The molecule has 0 aliphatic heterocycles. The van der Waals surface area contributed by atoms with Gasteiger partial charge in [-0.05, 0) is 65.6 Å². The summed E-state index contributed by atoms with van der Waals surface area (Å²) in [6.07, 6.45) is 0. The predicted molar refractivity (Wildman–Crippen MR) is 119 cm³/mol. The van der Waals surface area contributed by atoms with Crippen LogP contribution in [0.15, 0.2) is 71.6 Å². The Morgan fingerprint density at radius 2 is 1.34 bits per heavy atom. The van der Waals surface area contributed by atoms with Gasteiger partial charge in [0, 0.05) is 5.69 Å². The van der Waals surface area contributed by atoms with Gasteiger partial charge in [-0.3, -0.25) is 4.72 Å². The van der Waals surface area contributed by atoms with Crippen LogP contribution in [0.3, 0.4) is 0 Å².